The van der Waals surface area contributed by atoms with Crippen molar-refractivity contribution in [3.8, 4) is 17.5 Å². The third-order valence-corrected chi connectivity index (χ3v) is 5.67. The maximum atomic E-state index is 12.3. The lowest BCUT2D eigenvalue weighted by Gasteiger charge is -2.31. The molecule has 27 heavy (non-hydrogen) atoms. The minimum atomic E-state index is -0.722. The molecule has 7 nitrogen and oxygen atoms in total. The van der Waals surface area contributed by atoms with Gasteiger partial charge in [-0.3, -0.25) is 4.79 Å². The third kappa shape index (κ3) is 3.69. The van der Waals surface area contributed by atoms with E-state index in [4.69, 9.17) is 4.42 Å². The first-order valence-electron chi connectivity index (χ1n) is 8.94. The zero-order valence-corrected chi connectivity index (χ0v) is 15.5. The summed E-state index contributed by atoms with van der Waals surface area (Å²) in [6.07, 6.45) is 6.32. The highest BCUT2D eigenvalue weighted by Gasteiger charge is 2.33. The van der Waals surface area contributed by atoms with Crippen molar-refractivity contribution < 1.29 is 9.21 Å². The summed E-state index contributed by atoms with van der Waals surface area (Å²) in [6.45, 7) is 0. The Balaban J connectivity index is 1.40. The van der Waals surface area contributed by atoms with Gasteiger partial charge in [0.25, 0.3) is 11.1 Å². The Morgan fingerprint density at radius 1 is 1.30 bits per heavy atom. The standard InChI is InChI=1S/C19H19N5O2S/c20-12-19(8-4-1-5-9-19)22-16(25)11-27-18-24-23-17(26-18)14-10-21-15-7-3-2-6-13(14)15/h2-3,6-7,10,21H,1,4-5,8-9,11H2,(H,22,25). The van der Waals surface area contributed by atoms with Crippen LogP contribution in [0.4, 0.5) is 0 Å². The second-order valence-electron chi connectivity index (χ2n) is 6.71. The summed E-state index contributed by atoms with van der Waals surface area (Å²) in [6, 6.07) is 10.2. The Morgan fingerprint density at radius 3 is 2.93 bits per heavy atom. The molecule has 0 radical (unpaired) electrons. The van der Waals surface area contributed by atoms with Crippen molar-refractivity contribution in [2.24, 2.45) is 0 Å². The molecular weight excluding hydrogens is 362 g/mol. The molecule has 4 rings (SSSR count). The fraction of sp³-hybridized carbons (Fsp3) is 0.368. The van der Waals surface area contributed by atoms with Crippen molar-refractivity contribution in [3.63, 3.8) is 0 Å². The lowest BCUT2D eigenvalue weighted by molar-refractivity contribution is -0.120. The van der Waals surface area contributed by atoms with Gasteiger partial charge in [0.1, 0.15) is 5.54 Å². The summed E-state index contributed by atoms with van der Waals surface area (Å²) in [5.74, 6) is 0.366. The number of nitrogens with zero attached hydrogens (tertiary/aromatic N) is 3. The summed E-state index contributed by atoms with van der Waals surface area (Å²) in [5.41, 5.74) is 1.11. The minimum Gasteiger partial charge on any atom is -0.411 e. The molecule has 0 spiro atoms. The first-order valence-corrected chi connectivity index (χ1v) is 9.93. The van der Waals surface area contributed by atoms with Gasteiger partial charge in [0, 0.05) is 17.1 Å². The summed E-state index contributed by atoms with van der Waals surface area (Å²) in [4.78, 5) is 15.5. The van der Waals surface area contributed by atoms with Crippen LogP contribution in [0.3, 0.4) is 0 Å². The van der Waals surface area contributed by atoms with Crippen molar-refractivity contribution in [2.75, 3.05) is 5.75 Å². The average Bonchev–Trinajstić information content (AvgIpc) is 3.34. The molecule has 3 aromatic rings. The van der Waals surface area contributed by atoms with Gasteiger partial charge in [-0.1, -0.05) is 49.2 Å². The number of thioether (sulfide) groups is 1. The smallest absolute Gasteiger partial charge is 0.277 e. The van der Waals surface area contributed by atoms with Crippen LogP contribution in [-0.4, -0.2) is 32.4 Å². The highest BCUT2D eigenvalue weighted by atomic mass is 32.2. The van der Waals surface area contributed by atoms with E-state index < -0.39 is 5.54 Å². The number of fused-ring (bicyclic) bond motifs is 1. The van der Waals surface area contributed by atoms with Crippen molar-refractivity contribution in [1.82, 2.24) is 20.5 Å². The number of nitrogens with one attached hydrogen (secondary N) is 2. The molecule has 0 bridgehead atoms. The van der Waals surface area contributed by atoms with Crippen LogP contribution in [0.15, 0.2) is 40.1 Å². The summed E-state index contributed by atoms with van der Waals surface area (Å²) in [5, 5.41) is 21.8. The van der Waals surface area contributed by atoms with Crippen LogP contribution in [-0.2, 0) is 4.79 Å². The van der Waals surface area contributed by atoms with Crippen molar-refractivity contribution in [1.29, 1.82) is 5.26 Å². The lowest BCUT2D eigenvalue weighted by Crippen LogP contribution is -2.49. The molecule has 0 unspecified atom stereocenters. The summed E-state index contributed by atoms with van der Waals surface area (Å²) >= 11 is 1.18. The fourth-order valence-corrected chi connectivity index (χ4v) is 4.04. The Hall–Kier alpha value is -2.79. The van der Waals surface area contributed by atoms with Crippen LogP contribution in [0.25, 0.3) is 22.4 Å². The Kier molecular flexibility index (Phi) is 4.86. The van der Waals surface area contributed by atoms with Gasteiger partial charge in [-0.2, -0.15) is 5.26 Å². The number of amides is 1. The van der Waals surface area contributed by atoms with Crippen LogP contribution in [0.5, 0.6) is 0 Å². The number of nitriles is 1. The number of hydrogen-bond donors (Lipinski definition) is 2. The average molecular weight is 381 g/mol. The van der Waals surface area contributed by atoms with Gasteiger partial charge in [-0.05, 0) is 18.9 Å². The van der Waals surface area contributed by atoms with E-state index in [9.17, 15) is 10.1 Å². The molecule has 1 saturated carbocycles. The number of aromatic amines is 1. The number of carbonyl (C=O) groups excluding carboxylic acids is 1. The molecule has 138 valence electrons. The lowest BCUT2D eigenvalue weighted by atomic mass is 9.83. The number of aromatic nitrogens is 3. The minimum absolute atomic E-state index is 0.138. The monoisotopic (exact) mass is 381 g/mol. The molecule has 2 N–H and O–H groups in total. The van der Waals surface area contributed by atoms with Crippen LogP contribution in [0.1, 0.15) is 32.1 Å². The molecule has 1 amide bonds. The van der Waals surface area contributed by atoms with Crippen LogP contribution in [0.2, 0.25) is 0 Å². The van der Waals surface area contributed by atoms with E-state index in [0.717, 1.165) is 35.7 Å². The van der Waals surface area contributed by atoms with E-state index in [2.05, 4.69) is 26.6 Å². The number of benzene rings is 1. The SMILES string of the molecule is N#CC1(NC(=O)CSc2nnc(-c3c[nH]c4ccccc34)o2)CCCCC1. The van der Waals surface area contributed by atoms with E-state index in [1.807, 2.05) is 30.5 Å². The van der Waals surface area contributed by atoms with Gasteiger partial charge in [-0.25, -0.2) is 0 Å². The normalized spacial score (nSPS) is 16.1. The zero-order valence-electron chi connectivity index (χ0n) is 14.7. The first kappa shape index (κ1) is 17.6. The Bertz CT molecular complexity index is 997. The number of rotatable bonds is 5. The third-order valence-electron chi connectivity index (χ3n) is 4.85. The van der Waals surface area contributed by atoms with Crippen LogP contribution in [0, 0.1) is 11.3 Å². The first-order chi connectivity index (χ1) is 13.2. The van der Waals surface area contributed by atoms with Gasteiger partial charge in [0.15, 0.2) is 0 Å². The van der Waals surface area contributed by atoms with Crippen LogP contribution < -0.4 is 5.32 Å². The highest BCUT2D eigenvalue weighted by Crippen LogP contribution is 2.30. The van der Waals surface area contributed by atoms with Crippen molar-refractivity contribution >= 4 is 28.6 Å². The molecule has 0 atom stereocenters. The van der Waals surface area contributed by atoms with E-state index in [1.165, 1.54) is 11.8 Å². The van der Waals surface area contributed by atoms with Crippen LogP contribution >= 0.6 is 11.8 Å². The predicted octanol–water partition coefficient (Wildman–Crippen LogP) is 3.65. The second kappa shape index (κ2) is 7.45. The molecule has 8 heteroatoms. The molecule has 1 fully saturated rings. The van der Waals surface area contributed by atoms with E-state index >= 15 is 0 Å². The van der Waals surface area contributed by atoms with Gasteiger partial charge in [-0.15, -0.1) is 10.2 Å². The second-order valence-corrected chi connectivity index (χ2v) is 7.64. The van der Waals surface area contributed by atoms with Gasteiger partial charge >= 0.3 is 0 Å². The molecule has 1 aromatic carbocycles. The quantitative estimate of drug-likeness (QED) is 0.653. The van der Waals surface area contributed by atoms with Crippen molar-refractivity contribution in [3.05, 3.63) is 30.5 Å². The maximum Gasteiger partial charge on any atom is 0.277 e. The van der Waals surface area contributed by atoms with Gasteiger partial charge in [0.2, 0.25) is 5.91 Å². The number of hydrogen-bond acceptors (Lipinski definition) is 6. The fourth-order valence-electron chi connectivity index (χ4n) is 3.48. The van der Waals surface area contributed by atoms with Gasteiger partial charge in [0.05, 0.1) is 17.4 Å². The zero-order chi connectivity index (χ0) is 18.7. The molecule has 2 aromatic heterocycles. The van der Waals surface area contributed by atoms with E-state index in [-0.39, 0.29) is 11.7 Å². The summed E-state index contributed by atoms with van der Waals surface area (Å²) < 4.78 is 5.70. The van der Waals surface area contributed by atoms with Gasteiger partial charge < -0.3 is 14.7 Å². The molecule has 1 aliphatic rings. The Labute approximate surface area is 160 Å². The molecule has 0 aliphatic heterocycles. The topological polar surface area (TPSA) is 108 Å². The number of carbonyl (C=O) groups is 1. The van der Waals surface area contributed by atoms with E-state index in [1.54, 1.807) is 0 Å². The predicted molar refractivity (Wildman–Crippen MR) is 102 cm³/mol. The van der Waals surface area contributed by atoms with Crippen molar-refractivity contribution in [2.45, 2.75) is 42.9 Å². The molecule has 0 saturated heterocycles. The largest absolute Gasteiger partial charge is 0.411 e. The molecular formula is C19H19N5O2S. The number of para-hydroxylation sites is 1. The summed E-state index contributed by atoms with van der Waals surface area (Å²) in [7, 11) is 0. The molecule has 2 heterocycles. The highest BCUT2D eigenvalue weighted by molar-refractivity contribution is 7.99. The Morgan fingerprint density at radius 2 is 2.11 bits per heavy atom. The van der Waals surface area contributed by atoms with E-state index in [0.29, 0.717) is 24.0 Å². The molecule has 1 aliphatic carbocycles. The number of H-pyrrole nitrogens is 1. The maximum absolute atomic E-state index is 12.3.